The van der Waals surface area contributed by atoms with Crippen LogP contribution in [0.4, 0.5) is 5.69 Å². The second-order valence-electron chi connectivity index (χ2n) is 9.09. The number of methoxy groups -OCH3 is 1. The third-order valence-corrected chi connectivity index (χ3v) is 7.75. The van der Waals surface area contributed by atoms with Crippen molar-refractivity contribution in [2.75, 3.05) is 18.0 Å². The standard InChI is InChI=1S/C29H35N3O5S/c1-5-25(29(34)30-22(2)3)31(20-23-14-8-6-9-15-23)28(33)21-32(26-18-12-13-19-27(26)37-4)38(35,36)24-16-10-7-11-17-24/h6-19,22,25H,5,20-21H2,1-4H3,(H,30,34). The third-order valence-electron chi connectivity index (χ3n) is 5.98. The van der Waals surface area contributed by atoms with Crippen LogP contribution in [0.1, 0.15) is 32.8 Å². The number of carbonyl (C=O) groups excluding carboxylic acids is 2. The number of carbonyl (C=O) groups is 2. The van der Waals surface area contributed by atoms with Crippen LogP contribution in [0, 0.1) is 0 Å². The number of rotatable bonds is 12. The molecular weight excluding hydrogens is 502 g/mol. The zero-order chi connectivity index (χ0) is 27.7. The van der Waals surface area contributed by atoms with Crippen LogP contribution in [0.15, 0.2) is 89.8 Å². The summed E-state index contributed by atoms with van der Waals surface area (Å²) in [4.78, 5) is 28.6. The number of hydrogen-bond donors (Lipinski definition) is 1. The number of hydrogen-bond acceptors (Lipinski definition) is 5. The second-order valence-corrected chi connectivity index (χ2v) is 11.0. The Bertz CT molecular complexity index is 1310. The molecule has 8 nitrogen and oxygen atoms in total. The summed E-state index contributed by atoms with van der Waals surface area (Å²) in [5.74, 6) is -0.495. The van der Waals surface area contributed by atoms with Crippen LogP contribution < -0.4 is 14.4 Å². The van der Waals surface area contributed by atoms with Gasteiger partial charge in [-0.2, -0.15) is 0 Å². The normalized spacial score (nSPS) is 12.0. The summed E-state index contributed by atoms with van der Waals surface area (Å²) in [5, 5.41) is 2.89. The minimum Gasteiger partial charge on any atom is -0.495 e. The summed E-state index contributed by atoms with van der Waals surface area (Å²) in [7, 11) is -2.71. The van der Waals surface area contributed by atoms with Gasteiger partial charge in [-0.3, -0.25) is 13.9 Å². The Morgan fingerprint density at radius 2 is 1.47 bits per heavy atom. The highest BCUT2D eigenvalue weighted by Gasteiger charge is 2.34. The van der Waals surface area contributed by atoms with Crippen molar-refractivity contribution >= 4 is 27.5 Å². The maximum absolute atomic E-state index is 14.0. The molecule has 1 unspecified atom stereocenters. The largest absolute Gasteiger partial charge is 0.495 e. The minimum atomic E-state index is -4.15. The van der Waals surface area contributed by atoms with Crippen LogP contribution >= 0.6 is 0 Å². The van der Waals surface area contributed by atoms with E-state index in [1.165, 1.54) is 24.1 Å². The topological polar surface area (TPSA) is 96.0 Å². The average molecular weight is 538 g/mol. The number of benzene rings is 3. The van der Waals surface area contributed by atoms with Crippen LogP contribution in [0.2, 0.25) is 0 Å². The van der Waals surface area contributed by atoms with Gasteiger partial charge in [0.1, 0.15) is 18.3 Å². The lowest BCUT2D eigenvalue weighted by molar-refractivity contribution is -0.140. The van der Waals surface area contributed by atoms with Crippen molar-refractivity contribution in [2.45, 2.75) is 50.7 Å². The number of para-hydroxylation sites is 2. The SMILES string of the molecule is CCC(C(=O)NC(C)C)N(Cc1ccccc1)C(=O)CN(c1ccccc1OC)S(=O)(=O)c1ccccc1. The molecular formula is C29H35N3O5S. The lowest BCUT2D eigenvalue weighted by atomic mass is 10.1. The van der Waals surface area contributed by atoms with E-state index >= 15 is 0 Å². The fourth-order valence-electron chi connectivity index (χ4n) is 4.15. The first-order chi connectivity index (χ1) is 18.2. The Kier molecular flexibility index (Phi) is 9.90. The van der Waals surface area contributed by atoms with Crippen molar-refractivity contribution in [3.8, 4) is 5.75 Å². The van der Waals surface area contributed by atoms with Gasteiger partial charge in [0.15, 0.2) is 0 Å². The van der Waals surface area contributed by atoms with Crippen molar-refractivity contribution in [3.63, 3.8) is 0 Å². The summed E-state index contributed by atoms with van der Waals surface area (Å²) in [5.41, 5.74) is 1.05. The first-order valence-electron chi connectivity index (χ1n) is 12.5. The van der Waals surface area contributed by atoms with E-state index in [1.54, 1.807) is 42.5 Å². The molecule has 0 radical (unpaired) electrons. The molecule has 0 fully saturated rings. The molecule has 3 aromatic carbocycles. The Morgan fingerprint density at radius 3 is 2.05 bits per heavy atom. The quantitative estimate of drug-likeness (QED) is 0.373. The van der Waals surface area contributed by atoms with E-state index in [9.17, 15) is 18.0 Å². The molecule has 2 amide bonds. The van der Waals surface area contributed by atoms with Gasteiger partial charge in [-0.1, -0.05) is 67.6 Å². The van der Waals surface area contributed by atoms with Gasteiger partial charge in [0.25, 0.3) is 10.0 Å². The third kappa shape index (κ3) is 6.92. The Morgan fingerprint density at radius 1 is 0.895 bits per heavy atom. The molecule has 0 aliphatic heterocycles. The molecule has 3 rings (SSSR count). The Hall–Kier alpha value is -3.85. The second kappa shape index (κ2) is 13.1. The van der Waals surface area contributed by atoms with E-state index in [1.807, 2.05) is 51.1 Å². The molecule has 0 bridgehead atoms. The van der Waals surface area contributed by atoms with Crippen LogP contribution in [0.3, 0.4) is 0 Å². The zero-order valence-corrected chi connectivity index (χ0v) is 23.0. The number of nitrogens with zero attached hydrogens (tertiary/aromatic N) is 2. The Labute approximate surface area is 225 Å². The van der Waals surface area contributed by atoms with Gasteiger partial charge in [-0.05, 0) is 50.1 Å². The van der Waals surface area contributed by atoms with Crippen LogP contribution in [-0.4, -0.2) is 50.9 Å². The van der Waals surface area contributed by atoms with E-state index in [4.69, 9.17) is 4.74 Å². The highest BCUT2D eigenvalue weighted by atomic mass is 32.2. The molecule has 0 spiro atoms. The number of nitrogens with one attached hydrogen (secondary N) is 1. The minimum absolute atomic E-state index is 0.0397. The van der Waals surface area contributed by atoms with Crippen molar-refractivity contribution in [1.82, 2.24) is 10.2 Å². The van der Waals surface area contributed by atoms with E-state index in [0.29, 0.717) is 12.2 Å². The molecule has 1 atom stereocenters. The predicted molar refractivity (Wildman–Crippen MR) is 148 cm³/mol. The molecule has 9 heteroatoms. The number of anilines is 1. The zero-order valence-electron chi connectivity index (χ0n) is 22.2. The van der Waals surface area contributed by atoms with Gasteiger partial charge in [0.2, 0.25) is 11.8 Å². The average Bonchev–Trinajstić information content (AvgIpc) is 2.92. The van der Waals surface area contributed by atoms with Crippen LogP contribution in [-0.2, 0) is 26.2 Å². The molecule has 38 heavy (non-hydrogen) atoms. The van der Waals surface area contributed by atoms with Gasteiger partial charge in [0.05, 0.1) is 17.7 Å². The van der Waals surface area contributed by atoms with Crippen LogP contribution in [0.25, 0.3) is 0 Å². The molecule has 0 aliphatic carbocycles. The highest BCUT2D eigenvalue weighted by Crippen LogP contribution is 2.32. The fourth-order valence-corrected chi connectivity index (χ4v) is 5.59. The molecule has 0 aliphatic rings. The maximum atomic E-state index is 14.0. The summed E-state index contributed by atoms with van der Waals surface area (Å²) in [6.45, 7) is 5.16. The van der Waals surface area contributed by atoms with Crippen molar-refractivity contribution in [2.24, 2.45) is 0 Å². The summed E-state index contributed by atoms with van der Waals surface area (Å²) < 4.78 is 34.2. The van der Waals surface area contributed by atoms with Crippen molar-refractivity contribution in [3.05, 3.63) is 90.5 Å². The molecule has 3 aromatic rings. The lowest BCUT2D eigenvalue weighted by Gasteiger charge is -2.33. The molecule has 1 N–H and O–H groups in total. The lowest BCUT2D eigenvalue weighted by Crippen LogP contribution is -2.53. The molecule has 202 valence electrons. The van der Waals surface area contributed by atoms with Gasteiger partial charge < -0.3 is 15.0 Å². The first-order valence-corrected chi connectivity index (χ1v) is 14.0. The monoisotopic (exact) mass is 537 g/mol. The van der Waals surface area contributed by atoms with Crippen molar-refractivity contribution in [1.29, 1.82) is 0 Å². The summed E-state index contributed by atoms with van der Waals surface area (Å²) >= 11 is 0. The molecule has 0 aromatic heterocycles. The molecule has 0 saturated heterocycles. The van der Waals surface area contributed by atoms with Gasteiger partial charge >= 0.3 is 0 Å². The molecule has 0 saturated carbocycles. The fraction of sp³-hybridized carbons (Fsp3) is 0.310. The smallest absolute Gasteiger partial charge is 0.264 e. The van der Waals surface area contributed by atoms with Crippen molar-refractivity contribution < 1.29 is 22.7 Å². The number of sulfonamides is 1. The van der Waals surface area contributed by atoms with Gasteiger partial charge in [-0.25, -0.2) is 8.42 Å². The summed E-state index contributed by atoms with van der Waals surface area (Å²) in [6.07, 6.45) is 0.358. The molecule has 0 heterocycles. The van der Waals surface area contributed by atoms with Gasteiger partial charge in [-0.15, -0.1) is 0 Å². The Balaban J connectivity index is 2.08. The van der Waals surface area contributed by atoms with Crippen LogP contribution in [0.5, 0.6) is 5.75 Å². The number of ether oxygens (including phenoxy) is 1. The maximum Gasteiger partial charge on any atom is 0.264 e. The van der Waals surface area contributed by atoms with E-state index in [2.05, 4.69) is 5.32 Å². The predicted octanol–water partition coefficient (Wildman–Crippen LogP) is 4.22. The van der Waals surface area contributed by atoms with E-state index in [0.717, 1.165) is 9.87 Å². The number of amides is 2. The van der Waals surface area contributed by atoms with Gasteiger partial charge in [0, 0.05) is 12.6 Å². The summed E-state index contributed by atoms with van der Waals surface area (Å²) in [6, 6.07) is 23.0. The van der Waals surface area contributed by atoms with E-state index < -0.39 is 28.5 Å². The van der Waals surface area contributed by atoms with E-state index in [-0.39, 0.29) is 29.1 Å². The highest BCUT2D eigenvalue weighted by molar-refractivity contribution is 7.92. The first kappa shape index (κ1) is 28.7.